The van der Waals surface area contributed by atoms with Crippen molar-refractivity contribution in [1.82, 2.24) is 4.98 Å². The Balaban J connectivity index is 1.64. The molecule has 9 heteroatoms. The monoisotopic (exact) mass is 419 g/mol. The van der Waals surface area contributed by atoms with Gasteiger partial charge in [0, 0.05) is 16.5 Å². The fraction of sp³-hybridized carbons (Fsp3) is 0.211. The van der Waals surface area contributed by atoms with E-state index in [2.05, 4.69) is 15.6 Å². The summed E-state index contributed by atoms with van der Waals surface area (Å²) < 4.78 is 10.4. The summed E-state index contributed by atoms with van der Waals surface area (Å²) in [5.74, 6) is 0.443. The first-order valence-electron chi connectivity index (χ1n) is 8.31. The lowest BCUT2D eigenvalue weighted by atomic mass is 10.2. The van der Waals surface area contributed by atoms with Gasteiger partial charge < -0.3 is 14.5 Å². The van der Waals surface area contributed by atoms with Gasteiger partial charge in [-0.2, -0.15) is 0 Å². The first kappa shape index (κ1) is 19.9. The smallest absolute Gasteiger partial charge is 0.260 e. The molecular formula is C19H18ClN3O4S. The van der Waals surface area contributed by atoms with Crippen LogP contribution in [0.25, 0.3) is 0 Å². The van der Waals surface area contributed by atoms with Crippen molar-refractivity contribution >= 4 is 45.6 Å². The Hall–Kier alpha value is -2.84. The van der Waals surface area contributed by atoms with Gasteiger partial charge >= 0.3 is 0 Å². The number of nitrogens with zero attached hydrogens (tertiary/aromatic N) is 1. The van der Waals surface area contributed by atoms with Crippen molar-refractivity contribution in [3.05, 3.63) is 57.4 Å². The van der Waals surface area contributed by atoms with Crippen LogP contribution in [0, 0.1) is 13.8 Å². The molecule has 0 unspecified atom stereocenters. The molecule has 0 aliphatic heterocycles. The minimum absolute atomic E-state index is 0.0575. The second-order valence-corrected chi connectivity index (χ2v) is 7.28. The van der Waals surface area contributed by atoms with Crippen LogP contribution in [0.1, 0.15) is 27.4 Å². The number of amides is 2. The molecule has 0 radical (unpaired) electrons. The number of aryl methyl sites for hydroxylation is 2. The summed E-state index contributed by atoms with van der Waals surface area (Å²) in [6, 6.07) is 4.99. The second-order valence-electron chi connectivity index (χ2n) is 6.02. The summed E-state index contributed by atoms with van der Waals surface area (Å²) in [6.45, 7) is 3.55. The highest BCUT2D eigenvalue weighted by atomic mass is 35.5. The number of halogens is 1. The fourth-order valence-corrected chi connectivity index (χ4v) is 3.38. The third-order valence-electron chi connectivity index (χ3n) is 3.97. The molecule has 0 aliphatic rings. The van der Waals surface area contributed by atoms with E-state index in [9.17, 15) is 9.59 Å². The van der Waals surface area contributed by atoms with Crippen LogP contribution >= 0.6 is 22.9 Å². The number of nitrogens with one attached hydrogen (secondary N) is 2. The van der Waals surface area contributed by atoms with E-state index < -0.39 is 0 Å². The van der Waals surface area contributed by atoms with Gasteiger partial charge in [-0.15, -0.1) is 11.3 Å². The summed E-state index contributed by atoms with van der Waals surface area (Å²) in [6.07, 6.45) is 1.51. The van der Waals surface area contributed by atoms with Crippen LogP contribution in [0.3, 0.4) is 0 Å². The molecule has 7 nitrogen and oxygen atoms in total. The zero-order valence-corrected chi connectivity index (χ0v) is 17.0. The van der Waals surface area contributed by atoms with Gasteiger partial charge in [-0.1, -0.05) is 11.6 Å². The first-order chi connectivity index (χ1) is 13.4. The summed E-state index contributed by atoms with van der Waals surface area (Å²) in [7, 11) is 1.51. The minimum atomic E-state index is -0.307. The van der Waals surface area contributed by atoms with Gasteiger partial charge in [0.05, 0.1) is 36.7 Å². The largest absolute Gasteiger partial charge is 0.495 e. The number of aromatic nitrogens is 1. The molecule has 0 aliphatic carbocycles. The molecule has 3 rings (SSSR count). The van der Waals surface area contributed by atoms with E-state index >= 15 is 0 Å². The van der Waals surface area contributed by atoms with Gasteiger partial charge in [0.25, 0.3) is 5.91 Å². The van der Waals surface area contributed by atoms with E-state index in [0.717, 1.165) is 5.56 Å². The molecule has 2 heterocycles. The van der Waals surface area contributed by atoms with E-state index in [4.69, 9.17) is 20.8 Å². The van der Waals surface area contributed by atoms with Crippen LogP contribution < -0.4 is 15.4 Å². The Morgan fingerprint density at radius 2 is 2.07 bits per heavy atom. The quantitative estimate of drug-likeness (QED) is 0.615. The number of carbonyl (C=O) groups is 2. The van der Waals surface area contributed by atoms with Gasteiger partial charge in [-0.3, -0.25) is 14.9 Å². The number of hydrogen-bond donors (Lipinski definition) is 2. The average molecular weight is 420 g/mol. The van der Waals surface area contributed by atoms with E-state index in [1.807, 2.05) is 6.92 Å². The summed E-state index contributed by atoms with van der Waals surface area (Å²) >= 11 is 7.33. The maximum Gasteiger partial charge on any atom is 0.260 e. The predicted molar refractivity (Wildman–Crippen MR) is 109 cm³/mol. The molecule has 0 saturated heterocycles. The Morgan fingerprint density at radius 3 is 2.75 bits per heavy atom. The maximum atomic E-state index is 12.4. The Kier molecular flexibility index (Phi) is 6.01. The van der Waals surface area contributed by atoms with Crippen LogP contribution in [0.4, 0.5) is 10.8 Å². The van der Waals surface area contributed by atoms with Crippen LogP contribution in [0.2, 0.25) is 5.02 Å². The number of thiazole rings is 1. The van der Waals surface area contributed by atoms with E-state index in [1.165, 1.54) is 24.7 Å². The zero-order valence-electron chi connectivity index (χ0n) is 15.5. The van der Waals surface area contributed by atoms with Gasteiger partial charge in [-0.25, -0.2) is 4.98 Å². The van der Waals surface area contributed by atoms with Crippen LogP contribution in [0.15, 0.2) is 34.3 Å². The van der Waals surface area contributed by atoms with Gasteiger partial charge in [0.2, 0.25) is 5.91 Å². The standard InChI is InChI=1S/C19H18ClN3O4S/c1-10-6-15(16(26-3)8-14(10)20)22-17(24)7-12-9-28-19(21-12)23-18(25)13-4-5-27-11(13)2/h4-6,8-9H,7H2,1-3H3,(H,22,24)(H,21,23,25). The molecule has 28 heavy (non-hydrogen) atoms. The van der Waals surface area contributed by atoms with Gasteiger partial charge in [0.1, 0.15) is 11.5 Å². The lowest BCUT2D eigenvalue weighted by molar-refractivity contribution is -0.115. The topological polar surface area (TPSA) is 93.5 Å². The maximum absolute atomic E-state index is 12.4. The van der Waals surface area contributed by atoms with Crippen molar-refractivity contribution in [1.29, 1.82) is 0 Å². The van der Waals surface area contributed by atoms with Crippen molar-refractivity contribution in [2.24, 2.45) is 0 Å². The number of anilines is 2. The molecule has 2 aromatic heterocycles. The summed E-state index contributed by atoms with van der Waals surface area (Å²) in [5.41, 5.74) is 2.35. The number of hydrogen-bond acceptors (Lipinski definition) is 6. The molecule has 0 bridgehead atoms. The Labute approximate surface area is 170 Å². The molecule has 0 saturated carbocycles. The number of rotatable bonds is 6. The van der Waals surface area contributed by atoms with Crippen molar-refractivity contribution in [2.75, 3.05) is 17.7 Å². The van der Waals surface area contributed by atoms with Crippen LogP contribution in [-0.2, 0) is 11.2 Å². The SMILES string of the molecule is COc1cc(Cl)c(C)cc1NC(=O)Cc1csc(NC(=O)c2ccoc2C)n1. The van der Waals surface area contributed by atoms with Gasteiger partial charge in [-0.05, 0) is 31.5 Å². The molecule has 2 amide bonds. The zero-order chi connectivity index (χ0) is 20.3. The number of methoxy groups -OCH3 is 1. The summed E-state index contributed by atoms with van der Waals surface area (Å²) in [4.78, 5) is 28.9. The minimum Gasteiger partial charge on any atom is -0.495 e. The highest BCUT2D eigenvalue weighted by Gasteiger charge is 2.15. The number of furan rings is 1. The van der Waals surface area contributed by atoms with Crippen molar-refractivity contribution in [3.8, 4) is 5.75 Å². The van der Waals surface area contributed by atoms with E-state index in [0.29, 0.717) is 38.6 Å². The molecule has 3 aromatic rings. The van der Waals surface area contributed by atoms with Gasteiger partial charge in [0.15, 0.2) is 5.13 Å². The molecule has 1 aromatic carbocycles. The molecule has 0 fully saturated rings. The lowest BCUT2D eigenvalue weighted by Crippen LogP contribution is -2.16. The first-order valence-corrected chi connectivity index (χ1v) is 9.57. The molecule has 2 N–H and O–H groups in total. The molecular weight excluding hydrogens is 402 g/mol. The van der Waals surface area contributed by atoms with Crippen molar-refractivity contribution < 1.29 is 18.7 Å². The normalized spacial score (nSPS) is 10.6. The lowest BCUT2D eigenvalue weighted by Gasteiger charge is -2.11. The van der Waals surface area contributed by atoms with Crippen LogP contribution in [-0.4, -0.2) is 23.9 Å². The average Bonchev–Trinajstić information content (AvgIpc) is 3.26. The van der Waals surface area contributed by atoms with Crippen molar-refractivity contribution in [2.45, 2.75) is 20.3 Å². The second kappa shape index (κ2) is 8.45. The molecule has 0 spiro atoms. The number of carbonyl (C=O) groups excluding carboxylic acids is 2. The van der Waals surface area contributed by atoms with Crippen molar-refractivity contribution in [3.63, 3.8) is 0 Å². The highest BCUT2D eigenvalue weighted by molar-refractivity contribution is 7.14. The summed E-state index contributed by atoms with van der Waals surface area (Å²) in [5, 5.41) is 8.20. The third kappa shape index (κ3) is 4.52. The highest BCUT2D eigenvalue weighted by Crippen LogP contribution is 2.31. The Bertz CT molecular complexity index is 1030. The number of benzene rings is 1. The molecule has 0 atom stereocenters. The number of ether oxygens (including phenoxy) is 1. The van der Waals surface area contributed by atoms with E-state index in [1.54, 1.807) is 30.5 Å². The van der Waals surface area contributed by atoms with Crippen LogP contribution in [0.5, 0.6) is 5.75 Å². The predicted octanol–water partition coefficient (Wildman–Crippen LogP) is 4.45. The third-order valence-corrected chi connectivity index (χ3v) is 5.19. The fourth-order valence-electron chi connectivity index (χ4n) is 2.52. The van der Waals surface area contributed by atoms with E-state index in [-0.39, 0.29) is 18.2 Å². The molecule has 146 valence electrons. The Morgan fingerprint density at radius 1 is 1.29 bits per heavy atom.